The van der Waals surface area contributed by atoms with Gasteiger partial charge in [0.15, 0.2) is 11.5 Å². The molecule has 0 aliphatic rings. The Morgan fingerprint density at radius 2 is 2.00 bits per heavy atom. The van der Waals surface area contributed by atoms with Crippen LogP contribution in [-0.4, -0.2) is 31.8 Å². The van der Waals surface area contributed by atoms with E-state index in [1.165, 1.54) is 18.4 Å². The molecule has 2 rings (SSSR count). The number of hydrogen-bond acceptors (Lipinski definition) is 5. The van der Waals surface area contributed by atoms with E-state index in [9.17, 15) is 9.90 Å². The molecule has 0 radical (unpaired) electrons. The molecular weight excluding hydrogens is 302 g/mol. The minimum absolute atomic E-state index is 0.130. The van der Waals surface area contributed by atoms with Crippen LogP contribution in [-0.2, 0) is 0 Å². The van der Waals surface area contributed by atoms with Crippen LogP contribution < -0.4 is 14.8 Å². The zero-order chi connectivity index (χ0) is 16.1. The number of aliphatic hydroxyl groups excluding tert-OH is 1. The first-order valence-corrected chi connectivity index (χ1v) is 7.66. The zero-order valence-electron chi connectivity index (χ0n) is 12.8. The molecule has 22 heavy (non-hydrogen) atoms. The van der Waals surface area contributed by atoms with Gasteiger partial charge in [-0.1, -0.05) is 6.07 Å². The number of ether oxygens (including phenoxy) is 2. The number of rotatable bonds is 6. The fourth-order valence-corrected chi connectivity index (χ4v) is 2.82. The van der Waals surface area contributed by atoms with Gasteiger partial charge < -0.3 is 19.9 Å². The molecule has 0 spiro atoms. The second-order valence-corrected chi connectivity index (χ2v) is 5.74. The maximum Gasteiger partial charge on any atom is 0.261 e. The largest absolute Gasteiger partial charge is 0.493 e. The number of carbonyl (C=O) groups excluding carboxylic acids is 1. The molecule has 1 heterocycles. The van der Waals surface area contributed by atoms with Crippen LogP contribution in [0.2, 0.25) is 0 Å². The molecule has 0 aliphatic heterocycles. The first kappa shape index (κ1) is 16.3. The van der Waals surface area contributed by atoms with Gasteiger partial charge in [0, 0.05) is 6.54 Å². The van der Waals surface area contributed by atoms with E-state index in [1.807, 2.05) is 18.4 Å². The third-order valence-electron chi connectivity index (χ3n) is 3.20. The van der Waals surface area contributed by atoms with E-state index in [4.69, 9.17) is 9.47 Å². The summed E-state index contributed by atoms with van der Waals surface area (Å²) in [5.74, 6) is 0.952. The minimum Gasteiger partial charge on any atom is -0.493 e. The molecule has 1 amide bonds. The average molecular weight is 321 g/mol. The van der Waals surface area contributed by atoms with Crippen molar-refractivity contribution in [1.29, 1.82) is 0 Å². The maximum absolute atomic E-state index is 12.0. The van der Waals surface area contributed by atoms with Gasteiger partial charge in [0.05, 0.1) is 25.2 Å². The van der Waals surface area contributed by atoms with E-state index in [0.29, 0.717) is 21.9 Å². The number of aliphatic hydroxyl groups is 1. The second kappa shape index (κ2) is 7.29. The van der Waals surface area contributed by atoms with Crippen LogP contribution in [0.3, 0.4) is 0 Å². The van der Waals surface area contributed by atoms with Gasteiger partial charge in [-0.25, -0.2) is 0 Å². The Kier molecular flexibility index (Phi) is 5.41. The average Bonchev–Trinajstić information content (AvgIpc) is 2.98. The molecule has 1 aromatic heterocycles. The molecule has 0 bridgehead atoms. The van der Waals surface area contributed by atoms with Crippen LogP contribution in [0, 0.1) is 6.92 Å². The van der Waals surface area contributed by atoms with E-state index in [-0.39, 0.29) is 12.5 Å². The van der Waals surface area contributed by atoms with Crippen molar-refractivity contribution in [3.63, 3.8) is 0 Å². The SMILES string of the molecule is COc1ccc([C@H](O)CNC(=O)c2cc(C)cs2)cc1OC. The monoisotopic (exact) mass is 321 g/mol. The maximum atomic E-state index is 12.0. The minimum atomic E-state index is -0.815. The summed E-state index contributed by atoms with van der Waals surface area (Å²) < 4.78 is 10.4. The van der Waals surface area contributed by atoms with Crippen LogP contribution in [0.25, 0.3) is 0 Å². The van der Waals surface area contributed by atoms with E-state index < -0.39 is 6.10 Å². The molecule has 1 aromatic carbocycles. The summed E-state index contributed by atoms with van der Waals surface area (Å²) in [5, 5.41) is 14.8. The number of methoxy groups -OCH3 is 2. The highest BCUT2D eigenvalue weighted by atomic mass is 32.1. The van der Waals surface area contributed by atoms with Crippen LogP contribution in [0.15, 0.2) is 29.6 Å². The summed E-state index contributed by atoms with van der Waals surface area (Å²) in [5.41, 5.74) is 1.70. The van der Waals surface area contributed by atoms with Gasteiger partial charge in [0.1, 0.15) is 0 Å². The zero-order valence-corrected chi connectivity index (χ0v) is 13.6. The molecule has 5 nitrogen and oxygen atoms in total. The summed E-state index contributed by atoms with van der Waals surface area (Å²) >= 11 is 1.39. The van der Waals surface area contributed by atoms with E-state index in [0.717, 1.165) is 5.56 Å². The predicted molar refractivity (Wildman–Crippen MR) is 85.9 cm³/mol. The van der Waals surface area contributed by atoms with Gasteiger partial charge in [-0.2, -0.15) is 0 Å². The second-order valence-electron chi connectivity index (χ2n) is 4.83. The number of hydrogen-bond donors (Lipinski definition) is 2. The Hall–Kier alpha value is -2.05. The molecular formula is C16H19NO4S. The topological polar surface area (TPSA) is 67.8 Å². The lowest BCUT2D eigenvalue weighted by Gasteiger charge is -2.14. The van der Waals surface area contributed by atoms with Crippen molar-refractivity contribution in [3.05, 3.63) is 45.6 Å². The molecule has 2 aromatic rings. The van der Waals surface area contributed by atoms with Crippen LogP contribution in [0.1, 0.15) is 26.9 Å². The fourth-order valence-electron chi connectivity index (χ4n) is 2.00. The van der Waals surface area contributed by atoms with E-state index in [2.05, 4.69) is 5.32 Å². The van der Waals surface area contributed by atoms with Crippen LogP contribution >= 0.6 is 11.3 Å². The van der Waals surface area contributed by atoms with Crippen LogP contribution in [0.4, 0.5) is 0 Å². The van der Waals surface area contributed by atoms with Crippen molar-refractivity contribution in [2.45, 2.75) is 13.0 Å². The number of thiophene rings is 1. The molecule has 0 unspecified atom stereocenters. The molecule has 0 fully saturated rings. The highest BCUT2D eigenvalue weighted by molar-refractivity contribution is 7.12. The van der Waals surface area contributed by atoms with Gasteiger partial charge in [-0.15, -0.1) is 11.3 Å². The number of amides is 1. The Morgan fingerprint density at radius 1 is 1.27 bits per heavy atom. The summed E-state index contributed by atoms with van der Waals surface area (Å²) in [4.78, 5) is 12.6. The molecule has 6 heteroatoms. The van der Waals surface area contributed by atoms with Crippen molar-refractivity contribution in [1.82, 2.24) is 5.32 Å². The standard InChI is InChI=1S/C16H19NO4S/c1-10-6-15(22-9-10)16(19)17-8-12(18)11-4-5-13(20-2)14(7-11)21-3/h4-7,9,12,18H,8H2,1-3H3,(H,17,19)/t12-/m1/s1. The number of carbonyl (C=O) groups is 1. The highest BCUT2D eigenvalue weighted by Crippen LogP contribution is 2.29. The Morgan fingerprint density at radius 3 is 2.59 bits per heavy atom. The number of nitrogens with one attached hydrogen (secondary N) is 1. The Bertz CT molecular complexity index is 653. The smallest absolute Gasteiger partial charge is 0.261 e. The Labute approximate surface area is 133 Å². The fraction of sp³-hybridized carbons (Fsp3) is 0.312. The molecule has 118 valence electrons. The van der Waals surface area contributed by atoms with Gasteiger partial charge in [0.2, 0.25) is 0 Å². The first-order chi connectivity index (χ1) is 10.5. The molecule has 0 saturated heterocycles. The van der Waals surface area contributed by atoms with Crippen molar-refractivity contribution in [2.24, 2.45) is 0 Å². The van der Waals surface area contributed by atoms with E-state index in [1.54, 1.807) is 25.3 Å². The van der Waals surface area contributed by atoms with Gasteiger partial charge in [0.25, 0.3) is 5.91 Å². The molecule has 2 N–H and O–H groups in total. The van der Waals surface area contributed by atoms with Crippen LogP contribution in [0.5, 0.6) is 11.5 Å². The lowest BCUT2D eigenvalue weighted by molar-refractivity contribution is 0.0920. The van der Waals surface area contributed by atoms with Gasteiger partial charge in [-0.05, 0) is 41.6 Å². The quantitative estimate of drug-likeness (QED) is 0.858. The molecule has 0 aliphatic carbocycles. The Balaban J connectivity index is 2.00. The number of benzene rings is 1. The van der Waals surface area contributed by atoms with Crippen molar-refractivity contribution >= 4 is 17.2 Å². The lowest BCUT2D eigenvalue weighted by Crippen LogP contribution is -2.27. The molecule has 0 saturated carbocycles. The summed E-state index contributed by atoms with van der Waals surface area (Å²) in [6, 6.07) is 6.99. The first-order valence-electron chi connectivity index (χ1n) is 6.78. The normalized spacial score (nSPS) is 11.8. The third kappa shape index (κ3) is 3.78. The van der Waals surface area contributed by atoms with Gasteiger partial charge in [-0.3, -0.25) is 4.79 Å². The summed E-state index contributed by atoms with van der Waals surface area (Å²) in [6.45, 7) is 2.07. The number of aryl methyl sites for hydroxylation is 1. The summed E-state index contributed by atoms with van der Waals surface area (Å²) in [6.07, 6.45) is -0.815. The summed E-state index contributed by atoms with van der Waals surface area (Å²) in [7, 11) is 3.09. The predicted octanol–water partition coefficient (Wildman–Crippen LogP) is 2.54. The van der Waals surface area contributed by atoms with Crippen molar-refractivity contribution in [2.75, 3.05) is 20.8 Å². The van der Waals surface area contributed by atoms with Gasteiger partial charge >= 0.3 is 0 Å². The van der Waals surface area contributed by atoms with E-state index >= 15 is 0 Å². The lowest BCUT2D eigenvalue weighted by atomic mass is 10.1. The van der Waals surface area contributed by atoms with Crippen molar-refractivity contribution < 1.29 is 19.4 Å². The molecule has 1 atom stereocenters. The third-order valence-corrected chi connectivity index (χ3v) is 4.25. The van der Waals surface area contributed by atoms with Crippen molar-refractivity contribution in [3.8, 4) is 11.5 Å². The highest BCUT2D eigenvalue weighted by Gasteiger charge is 2.14.